The summed E-state index contributed by atoms with van der Waals surface area (Å²) in [5.41, 5.74) is -0.320. The molecular formula is C19H20ClFN2O6. The van der Waals surface area contributed by atoms with Crippen LogP contribution in [0.25, 0.3) is 11.3 Å². The normalized spacial score (nSPS) is 10.5. The van der Waals surface area contributed by atoms with Crippen LogP contribution in [0.4, 0.5) is 4.39 Å². The van der Waals surface area contributed by atoms with Gasteiger partial charge in [-0.3, -0.25) is 9.59 Å². The van der Waals surface area contributed by atoms with E-state index in [2.05, 4.69) is 10.5 Å². The van der Waals surface area contributed by atoms with Gasteiger partial charge < -0.3 is 19.3 Å². The molecule has 10 heteroatoms. The Balaban J connectivity index is 1.94. The van der Waals surface area contributed by atoms with Crippen molar-refractivity contribution in [3.63, 3.8) is 0 Å². The predicted octanol–water partition coefficient (Wildman–Crippen LogP) is 3.06. The first kappa shape index (κ1) is 22.4. The van der Waals surface area contributed by atoms with Gasteiger partial charge in [-0.25, -0.2) is 9.18 Å². The molecule has 0 aliphatic carbocycles. The molecule has 2 aromatic rings. The van der Waals surface area contributed by atoms with Crippen LogP contribution in [0, 0.1) is 12.7 Å². The van der Waals surface area contributed by atoms with Crippen molar-refractivity contribution in [3.8, 4) is 11.3 Å². The van der Waals surface area contributed by atoms with Crippen LogP contribution in [0.15, 0.2) is 22.7 Å². The van der Waals surface area contributed by atoms with Crippen molar-refractivity contribution in [2.45, 2.75) is 26.7 Å². The zero-order valence-electron chi connectivity index (χ0n) is 15.9. The summed E-state index contributed by atoms with van der Waals surface area (Å²) >= 11 is 6.02. The Labute approximate surface area is 171 Å². The van der Waals surface area contributed by atoms with E-state index in [0.717, 1.165) is 0 Å². The van der Waals surface area contributed by atoms with Crippen molar-refractivity contribution in [1.82, 2.24) is 10.5 Å². The number of hydrogen-bond donors (Lipinski definition) is 1. The SMILES string of the molecule is CCOC(=O)CCCNC(=O)COC(=O)c1c(-c2c(F)cccc2Cl)noc1C. The van der Waals surface area contributed by atoms with Crippen LogP contribution >= 0.6 is 11.6 Å². The molecule has 0 saturated carbocycles. The number of benzene rings is 1. The molecule has 156 valence electrons. The molecule has 0 unspecified atom stereocenters. The molecule has 1 heterocycles. The summed E-state index contributed by atoms with van der Waals surface area (Å²) in [6.07, 6.45) is 0.555. The number of esters is 2. The van der Waals surface area contributed by atoms with E-state index in [1.54, 1.807) is 6.92 Å². The van der Waals surface area contributed by atoms with Gasteiger partial charge in [0.15, 0.2) is 6.61 Å². The van der Waals surface area contributed by atoms with Gasteiger partial charge in [0.05, 0.1) is 17.2 Å². The van der Waals surface area contributed by atoms with Gasteiger partial charge in [-0.2, -0.15) is 0 Å². The van der Waals surface area contributed by atoms with Gasteiger partial charge in [0, 0.05) is 13.0 Å². The molecule has 0 saturated heterocycles. The highest BCUT2D eigenvalue weighted by molar-refractivity contribution is 6.33. The van der Waals surface area contributed by atoms with Crippen molar-refractivity contribution < 1.29 is 32.8 Å². The zero-order chi connectivity index (χ0) is 21.4. The highest BCUT2D eigenvalue weighted by atomic mass is 35.5. The molecule has 1 aromatic carbocycles. The molecule has 0 atom stereocenters. The number of carbonyl (C=O) groups excluding carboxylic acids is 3. The number of hydrogen-bond acceptors (Lipinski definition) is 7. The molecule has 1 aromatic heterocycles. The monoisotopic (exact) mass is 426 g/mol. The van der Waals surface area contributed by atoms with Crippen LogP contribution < -0.4 is 5.32 Å². The van der Waals surface area contributed by atoms with E-state index in [9.17, 15) is 18.8 Å². The van der Waals surface area contributed by atoms with Gasteiger partial charge in [0.2, 0.25) is 0 Å². The quantitative estimate of drug-likeness (QED) is 0.485. The van der Waals surface area contributed by atoms with Gasteiger partial charge >= 0.3 is 11.9 Å². The number of rotatable bonds is 9. The van der Waals surface area contributed by atoms with Gasteiger partial charge in [-0.05, 0) is 32.4 Å². The number of amides is 1. The Kier molecular flexibility index (Phi) is 8.14. The van der Waals surface area contributed by atoms with Crippen molar-refractivity contribution in [1.29, 1.82) is 0 Å². The maximum atomic E-state index is 14.2. The summed E-state index contributed by atoms with van der Waals surface area (Å²) in [6, 6.07) is 4.03. The minimum Gasteiger partial charge on any atom is -0.466 e. The van der Waals surface area contributed by atoms with E-state index < -0.39 is 24.3 Å². The molecule has 0 aliphatic rings. The summed E-state index contributed by atoms with van der Waals surface area (Å²) in [5.74, 6) is -2.39. The van der Waals surface area contributed by atoms with E-state index in [1.165, 1.54) is 25.1 Å². The van der Waals surface area contributed by atoms with E-state index in [1.807, 2.05) is 0 Å². The molecule has 2 rings (SSSR count). The lowest BCUT2D eigenvalue weighted by Crippen LogP contribution is -2.30. The summed E-state index contributed by atoms with van der Waals surface area (Å²) in [7, 11) is 0. The second-order valence-electron chi connectivity index (χ2n) is 5.89. The average molecular weight is 427 g/mol. The maximum absolute atomic E-state index is 14.2. The first-order chi connectivity index (χ1) is 13.8. The summed E-state index contributed by atoms with van der Waals surface area (Å²) in [4.78, 5) is 35.4. The highest BCUT2D eigenvalue weighted by Crippen LogP contribution is 2.33. The Morgan fingerprint density at radius 2 is 2.03 bits per heavy atom. The number of carbonyl (C=O) groups is 3. The van der Waals surface area contributed by atoms with E-state index in [0.29, 0.717) is 13.0 Å². The van der Waals surface area contributed by atoms with Crippen LogP contribution in [-0.2, 0) is 19.1 Å². The molecular weight excluding hydrogens is 407 g/mol. The third-order valence-electron chi connectivity index (χ3n) is 3.79. The van der Waals surface area contributed by atoms with Crippen molar-refractivity contribution >= 4 is 29.4 Å². The molecule has 1 N–H and O–H groups in total. The lowest BCUT2D eigenvalue weighted by molar-refractivity contribution is -0.143. The Bertz CT molecular complexity index is 879. The number of nitrogens with one attached hydrogen (secondary N) is 1. The topological polar surface area (TPSA) is 108 Å². The Morgan fingerprint density at radius 1 is 1.28 bits per heavy atom. The lowest BCUT2D eigenvalue weighted by atomic mass is 10.1. The first-order valence-corrected chi connectivity index (χ1v) is 9.23. The fraction of sp³-hybridized carbons (Fsp3) is 0.368. The highest BCUT2D eigenvalue weighted by Gasteiger charge is 2.26. The second kappa shape index (κ2) is 10.6. The Hall–Kier alpha value is -2.94. The van der Waals surface area contributed by atoms with Crippen LogP contribution in [0.1, 0.15) is 35.9 Å². The minimum absolute atomic E-state index is 0.0479. The third-order valence-corrected chi connectivity index (χ3v) is 4.10. The minimum atomic E-state index is -0.903. The average Bonchev–Trinajstić information content (AvgIpc) is 3.04. The van der Waals surface area contributed by atoms with E-state index in [-0.39, 0.29) is 46.5 Å². The molecule has 0 bridgehead atoms. The van der Waals surface area contributed by atoms with E-state index >= 15 is 0 Å². The smallest absolute Gasteiger partial charge is 0.344 e. The summed E-state index contributed by atoms with van der Waals surface area (Å²) in [5, 5.41) is 6.27. The lowest BCUT2D eigenvalue weighted by Gasteiger charge is -2.08. The number of nitrogens with zero attached hydrogens (tertiary/aromatic N) is 1. The van der Waals surface area contributed by atoms with Crippen LogP contribution in [0.3, 0.4) is 0 Å². The maximum Gasteiger partial charge on any atom is 0.344 e. The zero-order valence-corrected chi connectivity index (χ0v) is 16.7. The van der Waals surface area contributed by atoms with Crippen molar-refractivity contribution in [3.05, 3.63) is 40.4 Å². The second-order valence-corrected chi connectivity index (χ2v) is 6.30. The number of aromatic nitrogens is 1. The first-order valence-electron chi connectivity index (χ1n) is 8.85. The van der Waals surface area contributed by atoms with Crippen LogP contribution in [0.2, 0.25) is 5.02 Å². The third kappa shape index (κ3) is 6.02. The molecule has 29 heavy (non-hydrogen) atoms. The van der Waals surface area contributed by atoms with Gasteiger partial charge in [-0.1, -0.05) is 22.8 Å². The summed E-state index contributed by atoms with van der Waals surface area (Å²) < 4.78 is 28.9. The largest absolute Gasteiger partial charge is 0.466 e. The van der Waals surface area contributed by atoms with Gasteiger partial charge in [0.1, 0.15) is 22.8 Å². The van der Waals surface area contributed by atoms with Crippen LogP contribution in [0.5, 0.6) is 0 Å². The Morgan fingerprint density at radius 3 is 2.72 bits per heavy atom. The fourth-order valence-corrected chi connectivity index (χ4v) is 2.71. The van der Waals surface area contributed by atoms with Crippen molar-refractivity contribution in [2.75, 3.05) is 19.8 Å². The van der Waals surface area contributed by atoms with Crippen molar-refractivity contribution in [2.24, 2.45) is 0 Å². The van der Waals surface area contributed by atoms with Gasteiger partial charge in [0.25, 0.3) is 5.91 Å². The molecule has 8 nitrogen and oxygen atoms in total. The molecule has 0 spiro atoms. The number of ether oxygens (including phenoxy) is 2. The fourth-order valence-electron chi connectivity index (χ4n) is 2.46. The molecule has 1 amide bonds. The summed E-state index contributed by atoms with van der Waals surface area (Å²) in [6.45, 7) is 3.11. The molecule has 0 aliphatic heterocycles. The van der Waals surface area contributed by atoms with E-state index in [4.69, 9.17) is 25.6 Å². The standard InChI is InChI=1S/C19H20ClFN2O6/c1-3-27-15(25)8-5-9-22-14(24)10-28-19(26)16-11(2)29-23-18(16)17-12(20)6-4-7-13(17)21/h4,6-7H,3,5,8-10H2,1-2H3,(H,22,24). The predicted molar refractivity (Wildman–Crippen MR) is 101 cm³/mol. The molecule has 0 fully saturated rings. The van der Waals surface area contributed by atoms with Crippen LogP contribution in [-0.4, -0.2) is 42.8 Å². The van der Waals surface area contributed by atoms with Gasteiger partial charge in [-0.15, -0.1) is 0 Å². The number of halogens is 2. The molecule has 0 radical (unpaired) electrons. The number of aryl methyl sites for hydroxylation is 1.